The predicted octanol–water partition coefficient (Wildman–Crippen LogP) is 3.30. The van der Waals surface area contributed by atoms with Crippen LogP contribution in [0.4, 0.5) is 0 Å². The predicted molar refractivity (Wildman–Crippen MR) is 114 cm³/mol. The number of likely N-dealkylation sites (tertiary alicyclic amines) is 1. The number of aromatic nitrogens is 3. The number of benzene rings is 2. The van der Waals surface area contributed by atoms with Gasteiger partial charge in [-0.25, -0.2) is 9.67 Å². The van der Waals surface area contributed by atoms with Crippen LogP contribution in [0.1, 0.15) is 30.0 Å². The summed E-state index contributed by atoms with van der Waals surface area (Å²) in [5.41, 5.74) is 2.44. The molecule has 5 rings (SSSR count). The average molecular weight is 405 g/mol. The first-order valence-corrected chi connectivity index (χ1v) is 10.7. The molecule has 0 spiro atoms. The Hall–Kier alpha value is -2.70. The van der Waals surface area contributed by atoms with Crippen molar-refractivity contribution in [3.05, 3.63) is 78.4 Å². The van der Waals surface area contributed by atoms with Gasteiger partial charge in [0, 0.05) is 19.6 Å². The lowest BCUT2D eigenvalue weighted by molar-refractivity contribution is 0.0304. The van der Waals surface area contributed by atoms with E-state index >= 15 is 0 Å². The van der Waals surface area contributed by atoms with E-state index in [4.69, 9.17) is 4.74 Å². The maximum absolute atomic E-state index is 10.6. The molecule has 1 aliphatic heterocycles. The molecule has 1 aromatic heterocycles. The summed E-state index contributed by atoms with van der Waals surface area (Å²) < 4.78 is 7.82. The highest BCUT2D eigenvalue weighted by atomic mass is 16.5. The second-order valence-electron chi connectivity index (χ2n) is 8.62. The molecule has 156 valence electrons. The number of hydrogen-bond donors (Lipinski definition) is 1. The first-order valence-electron chi connectivity index (χ1n) is 10.7. The van der Waals surface area contributed by atoms with E-state index < -0.39 is 0 Å². The molecule has 3 aromatic rings. The van der Waals surface area contributed by atoms with Gasteiger partial charge in [0.2, 0.25) is 0 Å². The number of ether oxygens (including phenoxy) is 1. The van der Waals surface area contributed by atoms with Crippen LogP contribution in [0.3, 0.4) is 0 Å². The SMILES string of the molecule is O[C@@H]1C[C@H]2CN(Cc3cccc(OCc4ccccc4)c3)C[C@H]2C[C@H]1n1cncn1. The van der Waals surface area contributed by atoms with Crippen molar-refractivity contribution in [2.24, 2.45) is 11.8 Å². The van der Waals surface area contributed by atoms with Crippen molar-refractivity contribution < 1.29 is 9.84 Å². The average Bonchev–Trinajstić information content (AvgIpc) is 3.42. The Morgan fingerprint density at radius 3 is 2.57 bits per heavy atom. The zero-order chi connectivity index (χ0) is 20.3. The van der Waals surface area contributed by atoms with Crippen molar-refractivity contribution in [1.82, 2.24) is 19.7 Å². The second-order valence-corrected chi connectivity index (χ2v) is 8.62. The highest BCUT2D eigenvalue weighted by Crippen LogP contribution is 2.41. The largest absolute Gasteiger partial charge is 0.489 e. The monoisotopic (exact) mass is 404 g/mol. The standard InChI is InChI=1S/C24H28N4O2/c29-24-11-21-14-27(13-20(21)10-23(24)28-17-25-16-26-28)12-19-7-4-8-22(9-19)30-15-18-5-2-1-3-6-18/h1-9,16-17,20-21,23-24,29H,10-15H2/t20-,21+,23-,24-/m1/s1. The lowest BCUT2D eigenvalue weighted by Gasteiger charge is -2.35. The quantitative estimate of drug-likeness (QED) is 0.683. The van der Waals surface area contributed by atoms with Gasteiger partial charge in [-0.2, -0.15) is 5.10 Å². The Morgan fingerprint density at radius 2 is 1.77 bits per heavy atom. The minimum absolute atomic E-state index is 0.0448. The van der Waals surface area contributed by atoms with Crippen molar-refractivity contribution in [2.75, 3.05) is 13.1 Å². The lowest BCUT2D eigenvalue weighted by Crippen LogP contribution is -2.36. The molecule has 0 amide bonds. The summed E-state index contributed by atoms with van der Waals surface area (Å²) in [5.74, 6) is 2.06. The number of aliphatic hydroxyl groups is 1. The molecule has 0 radical (unpaired) electrons. The van der Waals surface area contributed by atoms with E-state index in [0.29, 0.717) is 18.4 Å². The Morgan fingerprint density at radius 1 is 0.967 bits per heavy atom. The van der Waals surface area contributed by atoms with Crippen LogP contribution < -0.4 is 4.74 Å². The highest BCUT2D eigenvalue weighted by molar-refractivity contribution is 5.29. The van der Waals surface area contributed by atoms with Crippen LogP contribution in [0.15, 0.2) is 67.3 Å². The summed E-state index contributed by atoms with van der Waals surface area (Å²) in [6.07, 6.45) is 4.73. The molecule has 2 aliphatic rings. The van der Waals surface area contributed by atoms with E-state index in [1.807, 2.05) is 28.9 Å². The summed E-state index contributed by atoms with van der Waals surface area (Å²) in [5, 5.41) is 14.9. The third-order valence-corrected chi connectivity index (χ3v) is 6.51. The lowest BCUT2D eigenvalue weighted by atomic mass is 9.77. The van der Waals surface area contributed by atoms with Crippen LogP contribution >= 0.6 is 0 Å². The van der Waals surface area contributed by atoms with Crippen LogP contribution in [-0.4, -0.2) is 44.0 Å². The van der Waals surface area contributed by atoms with E-state index in [0.717, 1.165) is 38.2 Å². The van der Waals surface area contributed by atoms with Crippen LogP contribution in [-0.2, 0) is 13.2 Å². The number of nitrogens with zero attached hydrogens (tertiary/aromatic N) is 4. The third kappa shape index (κ3) is 4.25. The first kappa shape index (κ1) is 19.3. The topological polar surface area (TPSA) is 63.4 Å². The maximum Gasteiger partial charge on any atom is 0.137 e. The van der Waals surface area contributed by atoms with Crippen molar-refractivity contribution in [2.45, 2.75) is 38.1 Å². The number of hydrogen-bond acceptors (Lipinski definition) is 5. The van der Waals surface area contributed by atoms with Crippen LogP contribution in [0.25, 0.3) is 0 Å². The van der Waals surface area contributed by atoms with Crippen LogP contribution in [0.2, 0.25) is 0 Å². The van der Waals surface area contributed by atoms with Gasteiger partial charge in [0.15, 0.2) is 0 Å². The molecule has 0 unspecified atom stereocenters. The van der Waals surface area contributed by atoms with Gasteiger partial charge in [0.25, 0.3) is 0 Å². The molecule has 2 fully saturated rings. The molecular formula is C24H28N4O2. The fourth-order valence-corrected chi connectivity index (χ4v) is 5.04. The van der Waals surface area contributed by atoms with Crippen molar-refractivity contribution in [1.29, 1.82) is 0 Å². The highest BCUT2D eigenvalue weighted by Gasteiger charge is 2.42. The van der Waals surface area contributed by atoms with E-state index in [1.165, 1.54) is 11.1 Å². The zero-order valence-electron chi connectivity index (χ0n) is 17.0. The molecule has 4 atom stereocenters. The van der Waals surface area contributed by atoms with Gasteiger partial charge >= 0.3 is 0 Å². The third-order valence-electron chi connectivity index (χ3n) is 6.51. The number of fused-ring (bicyclic) bond motifs is 1. The second kappa shape index (κ2) is 8.58. The summed E-state index contributed by atoms with van der Waals surface area (Å²) in [6.45, 7) is 3.61. The van der Waals surface area contributed by atoms with Gasteiger partial charge in [0.1, 0.15) is 25.0 Å². The van der Waals surface area contributed by atoms with Gasteiger partial charge in [0.05, 0.1) is 12.1 Å². The number of rotatable bonds is 6. The first-order chi connectivity index (χ1) is 14.7. The minimum atomic E-state index is -0.345. The summed E-state index contributed by atoms with van der Waals surface area (Å²) in [6, 6.07) is 18.7. The summed E-state index contributed by atoms with van der Waals surface area (Å²) in [7, 11) is 0. The Labute approximate surface area is 177 Å². The molecule has 1 aliphatic carbocycles. The molecule has 2 aromatic carbocycles. The van der Waals surface area contributed by atoms with Crippen molar-refractivity contribution in [3.63, 3.8) is 0 Å². The Balaban J connectivity index is 1.19. The van der Waals surface area contributed by atoms with Crippen LogP contribution in [0.5, 0.6) is 5.75 Å². The van der Waals surface area contributed by atoms with Crippen LogP contribution in [0, 0.1) is 11.8 Å². The normalized spacial score (nSPS) is 26.4. The fraction of sp³-hybridized carbons (Fsp3) is 0.417. The van der Waals surface area contributed by atoms with E-state index in [9.17, 15) is 5.11 Å². The molecule has 6 heteroatoms. The fourth-order valence-electron chi connectivity index (χ4n) is 5.04. The van der Waals surface area contributed by atoms with Crippen molar-refractivity contribution >= 4 is 0 Å². The maximum atomic E-state index is 10.6. The Kier molecular flexibility index (Phi) is 5.51. The molecule has 30 heavy (non-hydrogen) atoms. The molecule has 2 heterocycles. The van der Waals surface area contributed by atoms with E-state index in [1.54, 1.807) is 12.7 Å². The van der Waals surface area contributed by atoms with Gasteiger partial charge in [-0.15, -0.1) is 0 Å². The zero-order valence-corrected chi connectivity index (χ0v) is 17.0. The minimum Gasteiger partial charge on any atom is -0.489 e. The molecule has 6 nitrogen and oxygen atoms in total. The summed E-state index contributed by atoms with van der Waals surface area (Å²) in [4.78, 5) is 6.57. The molecule has 0 bridgehead atoms. The smallest absolute Gasteiger partial charge is 0.137 e. The molecular weight excluding hydrogens is 376 g/mol. The van der Waals surface area contributed by atoms with E-state index in [-0.39, 0.29) is 12.1 Å². The Bertz CT molecular complexity index is 947. The van der Waals surface area contributed by atoms with Crippen molar-refractivity contribution in [3.8, 4) is 5.75 Å². The van der Waals surface area contributed by atoms with Gasteiger partial charge in [-0.3, -0.25) is 4.90 Å². The molecule has 1 saturated carbocycles. The summed E-state index contributed by atoms with van der Waals surface area (Å²) >= 11 is 0. The number of aliphatic hydroxyl groups excluding tert-OH is 1. The molecule has 1 saturated heterocycles. The van der Waals surface area contributed by atoms with Gasteiger partial charge < -0.3 is 9.84 Å². The molecule has 1 N–H and O–H groups in total. The van der Waals surface area contributed by atoms with Gasteiger partial charge in [-0.05, 0) is 47.9 Å². The van der Waals surface area contributed by atoms with Gasteiger partial charge in [-0.1, -0.05) is 42.5 Å². The van der Waals surface area contributed by atoms with E-state index in [2.05, 4.69) is 45.3 Å².